The molecule has 1 fully saturated rings. The van der Waals surface area contributed by atoms with Crippen LogP contribution in [0.1, 0.15) is 56.0 Å². The predicted molar refractivity (Wildman–Crippen MR) is 102 cm³/mol. The van der Waals surface area contributed by atoms with Crippen molar-refractivity contribution < 1.29 is 14.4 Å². The number of fused-ring (bicyclic) bond motifs is 1. The Labute approximate surface area is 158 Å². The lowest BCUT2D eigenvalue weighted by Gasteiger charge is -2.29. The van der Waals surface area contributed by atoms with E-state index in [0.717, 1.165) is 16.9 Å². The van der Waals surface area contributed by atoms with Crippen molar-refractivity contribution in [3.05, 3.63) is 41.5 Å². The first kappa shape index (κ1) is 18.7. The Kier molecular flexibility index (Phi) is 5.23. The van der Waals surface area contributed by atoms with Crippen LogP contribution in [-0.4, -0.2) is 33.4 Å². The van der Waals surface area contributed by atoms with Crippen LogP contribution in [0.2, 0.25) is 0 Å². The van der Waals surface area contributed by atoms with Gasteiger partial charge in [0.15, 0.2) is 0 Å². The molecule has 1 N–H and O–H groups in total. The van der Waals surface area contributed by atoms with E-state index in [1.165, 1.54) is 0 Å². The molecular weight excluding hydrogens is 348 g/mol. The van der Waals surface area contributed by atoms with Crippen molar-refractivity contribution in [2.45, 2.75) is 62.3 Å². The van der Waals surface area contributed by atoms with Gasteiger partial charge in [0.25, 0.3) is 5.91 Å². The van der Waals surface area contributed by atoms with E-state index >= 15 is 0 Å². The first-order valence-electron chi connectivity index (χ1n) is 8.95. The van der Waals surface area contributed by atoms with Crippen LogP contribution in [-0.2, 0) is 16.1 Å². The summed E-state index contributed by atoms with van der Waals surface area (Å²) < 4.78 is -0.0871. The van der Waals surface area contributed by atoms with E-state index in [-0.39, 0.29) is 28.9 Å². The van der Waals surface area contributed by atoms with Gasteiger partial charge in [0.2, 0.25) is 11.8 Å². The molecule has 26 heavy (non-hydrogen) atoms. The van der Waals surface area contributed by atoms with Gasteiger partial charge in [-0.25, -0.2) is 0 Å². The summed E-state index contributed by atoms with van der Waals surface area (Å²) in [6.45, 7) is 6.82. The molecule has 0 bridgehead atoms. The van der Waals surface area contributed by atoms with Crippen LogP contribution in [0.25, 0.3) is 0 Å². The summed E-state index contributed by atoms with van der Waals surface area (Å²) in [5.74, 6) is -0.766. The molecule has 1 unspecified atom stereocenters. The van der Waals surface area contributed by atoms with Gasteiger partial charge in [-0.1, -0.05) is 25.1 Å². The number of nitrogens with one attached hydrogen (secondary N) is 1. The first-order valence-corrected chi connectivity index (χ1v) is 9.77. The third-order valence-electron chi connectivity index (χ3n) is 4.67. The number of amides is 3. The van der Waals surface area contributed by atoms with Crippen LogP contribution in [0.5, 0.6) is 0 Å². The molecule has 0 aliphatic carbocycles. The van der Waals surface area contributed by atoms with Crippen LogP contribution in [0.4, 0.5) is 0 Å². The molecule has 0 radical (unpaired) electrons. The standard InChI is InChI=1S/C20H24N2O3S/c1-4-5-11-20(2,3)26-16-8-6-7-13-14(16)12-22(19(13)25)15-9-10-17(23)21-18(15)24/h5-8,11,15H,4,9-10,12H2,1-3H3,(H,21,23,24)/b11-5-. The largest absolute Gasteiger partial charge is 0.322 e. The summed E-state index contributed by atoms with van der Waals surface area (Å²) in [4.78, 5) is 39.1. The van der Waals surface area contributed by atoms with Crippen molar-refractivity contribution in [1.29, 1.82) is 0 Å². The van der Waals surface area contributed by atoms with Gasteiger partial charge in [-0.05, 0) is 44.4 Å². The van der Waals surface area contributed by atoms with Crippen molar-refractivity contribution in [3.63, 3.8) is 0 Å². The number of carbonyl (C=O) groups is 3. The maximum Gasteiger partial charge on any atom is 0.255 e. The number of imide groups is 1. The number of benzene rings is 1. The second kappa shape index (κ2) is 7.27. The Hall–Kier alpha value is -2.08. The number of piperidine rings is 1. The van der Waals surface area contributed by atoms with E-state index in [9.17, 15) is 14.4 Å². The number of hydrogen-bond acceptors (Lipinski definition) is 4. The maximum atomic E-state index is 12.9. The van der Waals surface area contributed by atoms with E-state index in [4.69, 9.17) is 0 Å². The monoisotopic (exact) mass is 372 g/mol. The average molecular weight is 372 g/mol. The molecule has 1 atom stereocenters. The average Bonchev–Trinajstić information content (AvgIpc) is 2.91. The summed E-state index contributed by atoms with van der Waals surface area (Å²) in [6.07, 6.45) is 5.98. The fourth-order valence-electron chi connectivity index (χ4n) is 3.37. The molecule has 1 aromatic carbocycles. The van der Waals surface area contributed by atoms with Crippen molar-refractivity contribution >= 4 is 29.5 Å². The Morgan fingerprint density at radius 3 is 2.77 bits per heavy atom. The van der Waals surface area contributed by atoms with E-state index < -0.39 is 6.04 Å². The highest BCUT2D eigenvalue weighted by molar-refractivity contribution is 8.00. The van der Waals surface area contributed by atoms with Gasteiger partial charge in [-0.15, -0.1) is 11.8 Å². The number of carbonyl (C=O) groups excluding carboxylic acids is 3. The third kappa shape index (κ3) is 3.70. The highest BCUT2D eigenvalue weighted by Gasteiger charge is 2.40. The fourth-order valence-corrected chi connectivity index (χ4v) is 4.55. The predicted octanol–water partition coefficient (Wildman–Crippen LogP) is 3.28. The lowest BCUT2D eigenvalue weighted by molar-refractivity contribution is -0.136. The summed E-state index contributed by atoms with van der Waals surface area (Å²) in [6, 6.07) is 5.18. The van der Waals surface area contributed by atoms with Crippen molar-refractivity contribution in [2.75, 3.05) is 0 Å². The van der Waals surface area contributed by atoms with Gasteiger partial charge in [0.05, 0.1) is 0 Å². The Morgan fingerprint density at radius 2 is 2.08 bits per heavy atom. The van der Waals surface area contributed by atoms with Crippen LogP contribution >= 0.6 is 11.8 Å². The lowest BCUT2D eigenvalue weighted by Crippen LogP contribution is -2.52. The fraction of sp³-hybridized carbons (Fsp3) is 0.450. The molecule has 138 valence electrons. The smallest absolute Gasteiger partial charge is 0.255 e. The topological polar surface area (TPSA) is 66.5 Å². The highest BCUT2D eigenvalue weighted by atomic mass is 32.2. The highest BCUT2D eigenvalue weighted by Crippen LogP contribution is 2.40. The van der Waals surface area contributed by atoms with Gasteiger partial charge < -0.3 is 4.90 Å². The molecule has 3 amide bonds. The molecule has 2 heterocycles. The van der Waals surface area contributed by atoms with Gasteiger partial charge in [0.1, 0.15) is 6.04 Å². The molecule has 3 rings (SSSR count). The Balaban J connectivity index is 1.85. The number of thioether (sulfide) groups is 1. The van der Waals surface area contributed by atoms with Crippen molar-refractivity contribution in [2.24, 2.45) is 0 Å². The van der Waals surface area contributed by atoms with Crippen molar-refractivity contribution in [3.8, 4) is 0 Å². The maximum absolute atomic E-state index is 12.9. The molecule has 6 heteroatoms. The number of hydrogen-bond donors (Lipinski definition) is 1. The van der Waals surface area contributed by atoms with Gasteiger partial charge in [0, 0.05) is 28.2 Å². The molecule has 0 saturated carbocycles. The minimum Gasteiger partial charge on any atom is -0.322 e. The minimum atomic E-state index is -0.571. The van der Waals surface area contributed by atoms with Gasteiger partial charge in [-0.3, -0.25) is 19.7 Å². The molecule has 2 aliphatic heterocycles. The summed E-state index contributed by atoms with van der Waals surface area (Å²) in [7, 11) is 0. The second-order valence-electron chi connectivity index (χ2n) is 7.20. The zero-order valence-corrected chi connectivity index (χ0v) is 16.2. The van der Waals surface area contributed by atoms with Crippen LogP contribution in [0.15, 0.2) is 35.2 Å². The minimum absolute atomic E-state index is 0.0871. The zero-order valence-electron chi connectivity index (χ0n) is 15.4. The summed E-state index contributed by atoms with van der Waals surface area (Å²) >= 11 is 1.72. The molecule has 0 aromatic heterocycles. The zero-order chi connectivity index (χ0) is 18.9. The lowest BCUT2D eigenvalue weighted by atomic mass is 10.0. The third-order valence-corrected chi connectivity index (χ3v) is 5.93. The molecule has 2 aliphatic rings. The van der Waals surface area contributed by atoms with Crippen molar-refractivity contribution in [1.82, 2.24) is 10.2 Å². The van der Waals surface area contributed by atoms with Gasteiger partial charge >= 0.3 is 0 Å². The van der Waals surface area contributed by atoms with E-state index in [0.29, 0.717) is 18.5 Å². The molecule has 0 spiro atoms. The number of nitrogens with zero attached hydrogens (tertiary/aromatic N) is 1. The molecule has 1 saturated heterocycles. The first-order chi connectivity index (χ1) is 12.3. The number of rotatable bonds is 5. The SMILES string of the molecule is CC/C=C\C(C)(C)Sc1cccc2c1CN(C1CCC(=O)NC1=O)C2=O. The normalized spacial score (nSPS) is 20.7. The van der Waals surface area contributed by atoms with Gasteiger partial charge in [-0.2, -0.15) is 0 Å². The molecule has 5 nitrogen and oxygen atoms in total. The number of allylic oxidation sites excluding steroid dienone is 1. The van der Waals surface area contributed by atoms with E-state index in [1.54, 1.807) is 16.7 Å². The Morgan fingerprint density at radius 1 is 1.31 bits per heavy atom. The summed E-state index contributed by atoms with van der Waals surface area (Å²) in [5, 5.41) is 2.34. The van der Waals surface area contributed by atoms with E-state index in [2.05, 4.69) is 38.2 Å². The van der Waals surface area contributed by atoms with Crippen LogP contribution in [0, 0.1) is 0 Å². The second-order valence-corrected chi connectivity index (χ2v) is 8.89. The quantitative estimate of drug-likeness (QED) is 0.489. The van der Waals surface area contributed by atoms with Crippen LogP contribution in [0.3, 0.4) is 0 Å². The van der Waals surface area contributed by atoms with Crippen LogP contribution < -0.4 is 5.32 Å². The Bertz CT molecular complexity index is 785. The summed E-state index contributed by atoms with van der Waals surface area (Å²) in [5.41, 5.74) is 1.64. The van der Waals surface area contributed by atoms with E-state index in [1.807, 2.05) is 18.2 Å². The molecule has 1 aromatic rings. The molecular formula is C20H24N2O3S.